The quantitative estimate of drug-likeness (QED) is 0.844. The van der Waals surface area contributed by atoms with Gasteiger partial charge in [0.2, 0.25) is 0 Å². The van der Waals surface area contributed by atoms with E-state index in [-0.39, 0.29) is 6.03 Å². The van der Waals surface area contributed by atoms with E-state index in [4.69, 9.17) is 0 Å². The minimum absolute atomic E-state index is 0.0839. The number of carbonyl (C=O) groups is 1. The van der Waals surface area contributed by atoms with Gasteiger partial charge in [0.05, 0.1) is 6.54 Å². The molecule has 1 aliphatic rings. The number of piperidine rings is 1. The van der Waals surface area contributed by atoms with Crippen molar-refractivity contribution in [3.8, 4) is 0 Å². The standard InChI is InChI=1S/C12H18N2OS/c1-10-5-2-3-7-14(10)12(15)13-9-11-6-4-8-16-11/h4,6,8,10H,2-3,5,7,9H2,1H3,(H,13,15)/t10-/m1/s1. The van der Waals surface area contributed by atoms with Crippen molar-refractivity contribution in [3.63, 3.8) is 0 Å². The van der Waals surface area contributed by atoms with Crippen LogP contribution in [0.1, 0.15) is 31.1 Å². The van der Waals surface area contributed by atoms with Gasteiger partial charge in [0, 0.05) is 17.5 Å². The fourth-order valence-corrected chi connectivity index (χ4v) is 2.72. The molecule has 1 aromatic heterocycles. The van der Waals surface area contributed by atoms with Crippen LogP contribution in [0.3, 0.4) is 0 Å². The Kier molecular flexibility index (Phi) is 3.83. The molecule has 0 aliphatic carbocycles. The van der Waals surface area contributed by atoms with Gasteiger partial charge in [0.25, 0.3) is 0 Å². The maximum Gasteiger partial charge on any atom is 0.317 e. The minimum Gasteiger partial charge on any atom is -0.333 e. The Morgan fingerprint density at radius 2 is 2.50 bits per heavy atom. The molecule has 1 fully saturated rings. The van der Waals surface area contributed by atoms with Crippen LogP contribution < -0.4 is 5.32 Å². The molecule has 1 aliphatic heterocycles. The average Bonchev–Trinajstić information content (AvgIpc) is 2.79. The van der Waals surface area contributed by atoms with E-state index in [0.717, 1.165) is 19.4 Å². The molecule has 0 aromatic carbocycles. The van der Waals surface area contributed by atoms with E-state index < -0.39 is 0 Å². The lowest BCUT2D eigenvalue weighted by Crippen LogP contribution is -2.47. The van der Waals surface area contributed by atoms with Crippen molar-refractivity contribution in [2.45, 2.75) is 38.8 Å². The number of thiophene rings is 1. The highest BCUT2D eigenvalue weighted by molar-refractivity contribution is 7.09. The van der Waals surface area contributed by atoms with Crippen molar-refractivity contribution >= 4 is 17.4 Å². The fourth-order valence-electron chi connectivity index (χ4n) is 2.08. The Morgan fingerprint density at radius 3 is 3.19 bits per heavy atom. The summed E-state index contributed by atoms with van der Waals surface area (Å²) in [5.74, 6) is 0. The number of hydrogen-bond donors (Lipinski definition) is 1. The van der Waals surface area contributed by atoms with E-state index in [0.29, 0.717) is 12.6 Å². The highest BCUT2D eigenvalue weighted by atomic mass is 32.1. The van der Waals surface area contributed by atoms with Crippen LogP contribution in [-0.4, -0.2) is 23.5 Å². The van der Waals surface area contributed by atoms with Gasteiger partial charge >= 0.3 is 6.03 Å². The Labute approximate surface area is 100 Å². The Hall–Kier alpha value is -1.03. The summed E-state index contributed by atoms with van der Waals surface area (Å²) in [6.07, 6.45) is 3.51. The van der Waals surface area contributed by atoms with Crippen LogP contribution in [0.25, 0.3) is 0 Å². The molecule has 88 valence electrons. The summed E-state index contributed by atoms with van der Waals surface area (Å²) in [4.78, 5) is 15.1. The molecule has 0 unspecified atom stereocenters. The number of hydrogen-bond acceptors (Lipinski definition) is 2. The first-order chi connectivity index (χ1) is 7.77. The van der Waals surface area contributed by atoms with Gasteiger partial charge in [-0.05, 0) is 37.6 Å². The number of amides is 2. The van der Waals surface area contributed by atoms with Gasteiger partial charge in [-0.2, -0.15) is 0 Å². The molecule has 2 heterocycles. The molecule has 16 heavy (non-hydrogen) atoms. The first kappa shape index (κ1) is 11.5. The number of nitrogens with zero attached hydrogens (tertiary/aromatic N) is 1. The SMILES string of the molecule is C[C@@H]1CCCCN1C(=O)NCc1cccs1. The lowest BCUT2D eigenvalue weighted by atomic mass is 10.0. The summed E-state index contributed by atoms with van der Waals surface area (Å²) in [6, 6.07) is 4.53. The molecule has 1 atom stereocenters. The van der Waals surface area contributed by atoms with Crippen LogP contribution >= 0.6 is 11.3 Å². The van der Waals surface area contributed by atoms with Gasteiger partial charge in [0.1, 0.15) is 0 Å². The average molecular weight is 238 g/mol. The lowest BCUT2D eigenvalue weighted by Gasteiger charge is -2.33. The van der Waals surface area contributed by atoms with Crippen molar-refractivity contribution in [2.24, 2.45) is 0 Å². The first-order valence-corrected chi connectivity index (χ1v) is 6.72. The van der Waals surface area contributed by atoms with Gasteiger partial charge in [-0.15, -0.1) is 11.3 Å². The van der Waals surface area contributed by atoms with Crippen molar-refractivity contribution in [1.29, 1.82) is 0 Å². The Balaban J connectivity index is 1.83. The van der Waals surface area contributed by atoms with Gasteiger partial charge in [-0.25, -0.2) is 4.79 Å². The zero-order valence-electron chi connectivity index (χ0n) is 9.61. The van der Waals surface area contributed by atoms with Crippen molar-refractivity contribution in [2.75, 3.05) is 6.54 Å². The second-order valence-corrected chi connectivity index (χ2v) is 5.31. The molecule has 1 N–H and O–H groups in total. The minimum atomic E-state index is 0.0839. The number of rotatable bonds is 2. The van der Waals surface area contributed by atoms with Crippen LogP contribution in [0, 0.1) is 0 Å². The van der Waals surface area contributed by atoms with Crippen LogP contribution in [0.2, 0.25) is 0 Å². The monoisotopic (exact) mass is 238 g/mol. The molecule has 4 heteroatoms. The van der Waals surface area contributed by atoms with Crippen molar-refractivity contribution in [1.82, 2.24) is 10.2 Å². The summed E-state index contributed by atoms with van der Waals surface area (Å²) < 4.78 is 0. The normalized spacial score (nSPS) is 20.8. The molecule has 0 spiro atoms. The molecule has 2 rings (SSSR count). The highest BCUT2D eigenvalue weighted by Crippen LogP contribution is 2.16. The van der Waals surface area contributed by atoms with Gasteiger partial charge in [0.15, 0.2) is 0 Å². The van der Waals surface area contributed by atoms with E-state index >= 15 is 0 Å². The summed E-state index contributed by atoms with van der Waals surface area (Å²) in [7, 11) is 0. The van der Waals surface area contributed by atoms with Crippen LogP contribution in [0.4, 0.5) is 4.79 Å². The third kappa shape index (κ3) is 2.76. The molecule has 0 saturated carbocycles. The third-order valence-electron chi connectivity index (χ3n) is 3.06. The van der Waals surface area contributed by atoms with E-state index in [1.807, 2.05) is 22.4 Å². The lowest BCUT2D eigenvalue weighted by molar-refractivity contribution is 0.158. The summed E-state index contributed by atoms with van der Waals surface area (Å²) in [5.41, 5.74) is 0. The largest absolute Gasteiger partial charge is 0.333 e. The van der Waals surface area contributed by atoms with E-state index in [9.17, 15) is 4.79 Å². The van der Waals surface area contributed by atoms with Gasteiger partial charge < -0.3 is 10.2 Å². The molecule has 3 nitrogen and oxygen atoms in total. The third-order valence-corrected chi connectivity index (χ3v) is 3.93. The molecular formula is C12H18N2OS. The van der Waals surface area contributed by atoms with Crippen LogP contribution in [0.15, 0.2) is 17.5 Å². The highest BCUT2D eigenvalue weighted by Gasteiger charge is 2.22. The van der Waals surface area contributed by atoms with Gasteiger partial charge in [-0.1, -0.05) is 6.07 Å². The predicted molar refractivity (Wildman–Crippen MR) is 66.6 cm³/mol. The molecule has 2 amide bonds. The molecule has 1 saturated heterocycles. The van der Waals surface area contributed by atoms with E-state index in [2.05, 4.69) is 12.2 Å². The van der Waals surface area contributed by atoms with Crippen molar-refractivity contribution in [3.05, 3.63) is 22.4 Å². The number of urea groups is 1. The zero-order chi connectivity index (χ0) is 11.4. The summed E-state index contributed by atoms with van der Waals surface area (Å²) >= 11 is 1.68. The smallest absolute Gasteiger partial charge is 0.317 e. The number of carbonyl (C=O) groups excluding carboxylic acids is 1. The van der Waals surface area contributed by atoms with Crippen LogP contribution in [0.5, 0.6) is 0 Å². The van der Waals surface area contributed by atoms with E-state index in [1.165, 1.54) is 11.3 Å². The maximum absolute atomic E-state index is 11.9. The predicted octanol–water partition coefficient (Wildman–Crippen LogP) is 2.83. The Bertz CT molecular complexity index is 337. The number of likely N-dealkylation sites (tertiary alicyclic amines) is 1. The fraction of sp³-hybridized carbons (Fsp3) is 0.583. The molecule has 0 radical (unpaired) electrons. The first-order valence-electron chi connectivity index (χ1n) is 5.84. The second kappa shape index (κ2) is 5.34. The van der Waals surface area contributed by atoms with Gasteiger partial charge in [-0.3, -0.25) is 0 Å². The topological polar surface area (TPSA) is 32.3 Å². The molecular weight excluding hydrogens is 220 g/mol. The number of nitrogens with one attached hydrogen (secondary N) is 1. The second-order valence-electron chi connectivity index (χ2n) is 4.28. The Morgan fingerprint density at radius 1 is 1.62 bits per heavy atom. The van der Waals surface area contributed by atoms with Crippen LogP contribution in [-0.2, 0) is 6.54 Å². The molecule has 1 aromatic rings. The van der Waals surface area contributed by atoms with Crippen molar-refractivity contribution < 1.29 is 4.79 Å². The van der Waals surface area contributed by atoms with E-state index in [1.54, 1.807) is 11.3 Å². The summed E-state index contributed by atoms with van der Waals surface area (Å²) in [5, 5.41) is 5.02. The zero-order valence-corrected chi connectivity index (χ0v) is 10.4. The maximum atomic E-state index is 11.9. The summed E-state index contributed by atoms with van der Waals surface area (Å²) in [6.45, 7) is 3.68. The molecule has 0 bridgehead atoms.